The van der Waals surface area contributed by atoms with Gasteiger partial charge < -0.3 is 10.1 Å². The molecule has 0 aliphatic heterocycles. The molecule has 0 aliphatic rings. The molecule has 0 aromatic carbocycles. The first kappa shape index (κ1) is 18.6. The summed E-state index contributed by atoms with van der Waals surface area (Å²) in [5, 5.41) is 3.30. The zero-order valence-electron chi connectivity index (χ0n) is 13.2. The summed E-state index contributed by atoms with van der Waals surface area (Å²) < 4.78 is 32.9. The highest BCUT2D eigenvalue weighted by Gasteiger charge is 2.22. The highest BCUT2D eigenvalue weighted by Crippen LogP contribution is 2.26. The van der Waals surface area contributed by atoms with Crippen LogP contribution in [0.15, 0.2) is 10.3 Å². The number of rotatable bonds is 10. The number of methoxy groups -OCH3 is 1. The van der Waals surface area contributed by atoms with Crippen LogP contribution in [0.25, 0.3) is 0 Å². The van der Waals surface area contributed by atoms with Crippen molar-refractivity contribution < 1.29 is 13.2 Å². The van der Waals surface area contributed by atoms with Gasteiger partial charge in [0.2, 0.25) is 10.0 Å². The maximum atomic E-state index is 12.4. The summed E-state index contributed by atoms with van der Waals surface area (Å²) in [7, 11) is -1.89. The van der Waals surface area contributed by atoms with Crippen molar-refractivity contribution in [2.24, 2.45) is 0 Å². The maximum Gasteiger partial charge on any atom is 0.250 e. The Labute approximate surface area is 132 Å². The van der Waals surface area contributed by atoms with Crippen molar-refractivity contribution in [1.82, 2.24) is 10.0 Å². The molecule has 2 N–H and O–H groups in total. The number of thiophene rings is 1. The van der Waals surface area contributed by atoms with Crippen LogP contribution in [0, 0.1) is 6.92 Å². The minimum absolute atomic E-state index is 0.191. The fourth-order valence-electron chi connectivity index (χ4n) is 1.89. The molecular formula is C14H26N2O3S2. The second-order valence-electron chi connectivity index (χ2n) is 5.03. The van der Waals surface area contributed by atoms with Crippen molar-refractivity contribution >= 4 is 21.4 Å². The van der Waals surface area contributed by atoms with Crippen LogP contribution in [0.3, 0.4) is 0 Å². The summed E-state index contributed by atoms with van der Waals surface area (Å²) in [6, 6.07) is 1.55. The lowest BCUT2D eigenvalue weighted by atomic mass is 10.3. The van der Waals surface area contributed by atoms with Crippen LogP contribution in [0.5, 0.6) is 0 Å². The van der Waals surface area contributed by atoms with Crippen molar-refractivity contribution in [1.29, 1.82) is 0 Å². The van der Waals surface area contributed by atoms with Crippen molar-refractivity contribution in [3.05, 3.63) is 16.5 Å². The number of nitrogens with one attached hydrogen (secondary N) is 2. The molecule has 122 valence electrons. The lowest BCUT2D eigenvalue weighted by Gasteiger charge is -2.15. The minimum Gasteiger partial charge on any atom is -0.383 e. The summed E-state index contributed by atoms with van der Waals surface area (Å²) >= 11 is 1.33. The molecule has 0 saturated heterocycles. The number of hydrogen-bond donors (Lipinski definition) is 2. The lowest BCUT2D eigenvalue weighted by Crippen LogP contribution is -2.37. The van der Waals surface area contributed by atoms with Crippen LogP contribution >= 0.6 is 11.3 Å². The first-order valence-corrected chi connectivity index (χ1v) is 9.55. The third-order valence-electron chi connectivity index (χ3n) is 3.16. The van der Waals surface area contributed by atoms with E-state index in [0.717, 1.165) is 30.0 Å². The van der Waals surface area contributed by atoms with Gasteiger partial charge in [-0.1, -0.05) is 13.8 Å². The molecule has 1 heterocycles. The Morgan fingerprint density at radius 2 is 2.10 bits per heavy atom. The Hall–Kier alpha value is -0.470. The average molecular weight is 335 g/mol. The summed E-state index contributed by atoms with van der Waals surface area (Å²) in [6.07, 6.45) is 1.76. The Bertz CT molecular complexity index is 526. The lowest BCUT2D eigenvalue weighted by molar-refractivity contribution is 0.173. The molecule has 0 fully saturated rings. The van der Waals surface area contributed by atoms with Gasteiger partial charge in [0.1, 0.15) is 4.21 Å². The molecule has 1 aromatic rings. The van der Waals surface area contributed by atoms with Gasteiger partial charge in [-0.25, -0.2) is 13.1 Å². The van der Waals surface area contributed by atoms with Gasteiger partial charge in [-0.3, -0.25) is 0 Å². The topological polar surface area (TPSA) is 67.4 Å². The number of hydrogen-bond acceptors (Lipinski definition) is 5. The third kappa shape index (κ3) is 5.67. The standard InChI is InChI=1S/C14H26N2O3S2/c1-5-7-15-9-13-11(3)8-14(20-13)21(17,18)16-12(6-2)10-19-4/h8,12,15-16H,5-7,9-10H2,1-4H3. The van der Waals surface area contributed by atoms with E-state index in [4.69, 9.17) is 4.74 Å². The van der Waals surface area contributed by atoms with E-state index in [1.807, 2.05) is 13.8 Å². The van der Waals surface area contributed by atoms with E-state index in [2.05, 4.69) is 17.0 Å². The second-order valence-corrected chi connectivity index (χ2v) is 8.11. The quantitative estimate of drug-likeness (QED) is 0.644. The first-order valence-electron chi connectivity index (χ1n) is 7.25. The normalized spacial score (nSPS) is 13.5. The van der Waals surface area contributed by atoms with Gasteiger partial charge in [0.05, 0.1) is 6.61 Å². The van der Waals surface area contributed by atoms with E-state index in [0.29, 0.717) is 17.2 Å². The van der Waals surface area contributed by atoms with Crippen molar-refractivity contribution in [2.45, 2.75) is 50.4 Å². The minimum atomic E-state index is -3.47. The Morgan fingerprint density at radius 3 is 2.67 bits per heavy atom. The molecular weight excluding hydrogens is 308 g/mol. The Morgan fingerprint density at radius 1 is 1.38 bits per heavy atom. The first-order chi connectivity index (χ1) is 9.94. The predicted octanol–water partition coefficient (Wildman–Crippen LogP) is 2.26. The SMILES string of the molecule is CCCNCc1sc(S(=O)(=O)NC(CC)COC)cc1C. The van der Waals surface area contributed by atoms with Gasteiger partial charge in [0, 0.05) is 24.6 Å². The molecule has 0 radical (unpaired) electrons. The van der Waals surface area contributed by atoms with Crippen molar-refractivity contribution in [3.63, 3.8) is 0 Å². The number of ether oxygens (including phenoxy) is 1. The van der Waals surface area contributed by atoms with Crippen LogP contribution < -0.4 is 10.0 Å². The number of aryl methyl sites for hydroxylation is 1. The molecule has 0 spiro atoms. The molecule has 1 unspecified atom stereocenters. The Balaban J connectivity index is 2.81. The highest BCUT2D eigenvalue weighted by molar-refractivity contribution is 7.91. The summed E-state index contributed by atoms with van der Waals surface area (Å²) in [5.74, 6) is 0. The van der Waals surface area contributed by atoms with Crippen LogP contribution in [0.4, 0.5) is 0 Å². The Kier molecular flexibility index (Phi) is 7.83. The van der Waals surface area contributed by atoms with Gasteiger partial charge in [-0.2, -0.15) is 0 Å². The summed E-state index contributed by atoms with van der Waals surface area (Å²) in [6.45, 7) is 8.02. The van der Waals surface area contributed by atoms with Crippen molar-refractivity contribution in [3.8, 4) is 0 Å². The van der Waals surface area contributed by atoms with E-state index in [1.165, 1.54) is 11.3 Å². The molecule has 0 aliphatic carbocycles. The summed E-state index contributed by atoms with van der Waals surface area (Å²) in [5.41, 5.74) is 1.02. The van der Waals surface area contributed by atoms with Crippen LogP contribution in [-0.2, 0) is 21.3 Å². The van der Waals surface area contributed by atoms with E-state index < -0.39 is 10.0 Å². The smallest absolute Gasteiger partial charge is 0.250 e. The van der Waals surface area contributed by atoms with Gasteiger partial charge in [-0.15, -0.1) is 11.3 Å². The zero-order valence-corrected chi connectivity index (χ0v) is 14.9. The van der Waals surface area contributed by atoms with Gasteiger partial charge in [0.25, 0.3) is 0 Å². The second kappa shape index (κ2) is 8.85. The number of sulfonamides is 1. The van der Waals surface area contributed by atoms with E-state index in [1.54, 1.807) is 13.2 Å². The van der Waals surface area contributed by atoms with Crippen LogP contribution in [-0.4, -0.2) is 34.7 Å². The fourth-order valence-corrected chi connectivity index (χ4v) is 4.77. The van der Waals surface area contributed by atoms with Crippen molar-refractivity contribution in [2.75, 3.05) is 20.3 Å². The van der Waals surface area contributed by atoms with Gasteiger partial charge in [-0.05, 0) is 37.9 Å². The van der Waals surface area contributed by atoms with Gasteiger partial charge >= 0.3 is 0 Å². The molecule has 7 heteroatoms. The molecule has 0 amide bonds. The molecule has 5 nitrogen and oxygen atoms in total. The van der Waals surface area contributed by atoms with E-state index in [9.17, 15) is 8.42 Å². The monoisotopic (exact) mass is 334 g/mol. The van der Waals surface area contributed by atoms with E-state index >= 15 is 0 Å². The van der Waals surface area contributed by atoms with Crippen LogP contribution in [0.1, 0.15) is 37.1 Å². The highest BCUT2D eigenvalue weighted by atomic mass is 32.2. The molecule has 0 bridgehead atoms. The molecule has 1 aromatic heterocycles. The largest absolute Gasteiger partial charge is 0.383 e. The zero-order chi connectivity index (χ0) is 15.9. The molecule has 1 rings (SSSR count). The van der Waals surface area contributed by atoms with E-state index in [-0.39, 0.29) is 6.04 Å². The average Bonchev–Trinajstić information content (AvgIpc) is 2.81. The van der Waals surface area contributed by atoms with Crippen LogP contribution in [0.2, 0.25) is 0 Å². The fraction of sp³-hybridized carbons (Fsp3) is 0.714. The molecule has 1 atom stereocenters. The third-order valence-corrected chi connectivity index (χ3v) is 6.39. The molecule has 0 saturated carbocycles. The summed E-state index contributed by atoms with van der Waals surface area (Å²) in [4.78, 5) is 1.07. The predicted molar refractivity (Wildman–Crippen MR) is 87.3 cm³/mol. The molecule has 21 heavy (non-hydrogen) atoms. The van der Waals surface area contributed by atoms with Gasteiger partial charge in [0.15, 0.2) is 0 Å². The maximum absolute atomic E-state index is 12.4.